The highest BCUT2D eigenvalue weighted by Crippen LogP contribution is 2.58. The van der Waals surface area contributed by atoms with Crippen molar-refractivity contribution in [2.24, 2.45) is 5.92 Å². The number of carboxylic acids is 1. The van der Waals surface area contributed by atoms with E-state index in [-0.39, 0.29) is 35.0 Å². The molecule has 162 valence electrons. The standard InChI is InChI=1S/C20H22F3N3O4/c1-10-25-17(26-30-10)18(2,12-6-7-12)19(3,20(21,22)23)29-15-8-14(16(27)28)24-9-13(15)11-4-5-11/h8-9,11-12H,4-7H2,1-3H3,(H,27,28)/t18?,19-/m1/s1. The van der Waals surface area contributed by atoms with Gasteiger partial charge in [0.1, 0.15) is 5.75 Å². The van der Waals surface area contributed by atoms with E-state index in [1.54, 1.807) is 0 Å². The molecule has 10 heteroatoms. The van der Waals surface area contributed by atoms with E-state index < -0.39 is 23.2 Å². The Morgan fingerprint density at radius 3 is 2.37 bits per heavy atom. The van der Waals surface area contributed by atoms with E-state index in [0.717, 1.165) is 25.8 Å². The van der Waals surface area contributed by atoms with Crippen molar-refractivity contribution in [2.45, 2.75) is 69.6 Å². The minimum atomic E-state index is -4.80. The summed E-state index contributed by atoms with van der Waals surface area (Å²) in [7, 11) is 0. The van der Waals surface area contributed by atoms with Crippen molar-refractivity contribution in [3.8, 4) is 5.75 Å². The Morgan fingerprint density at radius 1 is 1.23 bits per heavy atom. The lowest BCUT2D eigenvalue weighted by Gasteiger charge is -2.45. The third-order valence-electron chi connectivity index (χ3n) is 6.36. The topological polar surface area (TPSA) is 98.3 Å². The molecule has 0 radical (unpaired) electrons. The molecule has 0 aliphatic heterocycles. The van der Waals surface area contributed by atoms with Crippen molar-refractivity contribution in [3.05, 3.63) is 35.2 Å². The molecule has 2 saturated carbocycles. The normalized spacial score (nSPS) is 21.0. The molecule has 0 spiro atoms. The molecule has 0 aromatic carbocycles. The maximum atomic E-state index is 14.6. The molecule has 2 heterocycles. The molecular weight excluding hydrogens is 403 g/mol. The Labute approximate surface area is 170 Å². The summed E-state index contributed by atoms with van der Waals surface area (Å²) in [6.45, 7) is 3.94. The SMILES string of the molecule is Cc1nc(C(C)(C2CC2)[C@@](C)(Oc2cc(C(=O)O)ncc2C2CC2)C(F)(F)F)no1. The second-order valence-electron chi connectivity index (χ2n) is 8.43. The Hall–Kier alpha value is -2.65. The lowest BCUT2D eigenvalue weighted by atomic mass is 9.69. The van der Waals surface area contributed by atoms with Crippen LogP contribution in [-0.2, 0) is 5.41 Å². The predicted octanol–water partition coefficient (Wildman–Crippen LogP) is 4.42. The van der Waals surface area contributed by atoms with Crippen LogP contribution in [0.5, 0.6) is 5.75 Å². The quantitative estimate of drug-likeness (QED) is 0.701. The molecule has 0 saturated heterocycles. The Morgan fingerprint density at radius 2 is 1.90 bits per heavy atom. The van der Waals surface area contributed by atoms with E-state index in [1.165, 1.54) is 20.0 Å². The van der Waals surface area contributed by atoms with Gasteiger partial charge in [0.15, 0.2) is 11.5 Å². The summed E-state index contributed by atoms with van der Waals surface area (Å²) in [6.07, 6.45) is -0.766. The monoisotopic (exact) mass is 425 g/mol. The van der Waals surface area contributed by atoms with Gasteiger partial charge in [0.2, 0.25) is 11.5 Å². The van der Waals surface area contributed by atoms with E-state index in [4.69, 9.17) is 9.26 Å². The highest BCUT2D eigenvalue weighted by Gasteiger charge is 2.70. The Kier molecular flexibility index (Phi) is 4.59. The van der Waals surface area contributed by atoms with Gasteiger partial charge in [0.25, 0.3) is 0 Å². The number of rotatable bonds is 7. The highest BCUT2D eigenvalue weighted by molar-refractivity contribution is 5.85. The van der Waals surface area contributed by atoms with Gasteiger partial charge in [-0.15, -0.1) is 0 Å². The molecule has 30 heavy (non-hydrogen) atoms. The zero-order chi connectivity index (χ0) is 21.9. The molecule has 2 aromatic rings. The summed E-state index contributed by atoms with van der Waals surface area (Å²) in [4.78, 5) is 19.4. The summed E-state index contributed by atoms with van der Waals surface area (Å²) in [5.41, 5.74) is -4.24. The zero-order valence-corrected chi connectivity index (χ0v) is 16.8. The van der Waals surface area contributed by atoms with Crippen LogP contribution >= 0.6 is 0 Å². The van der Waals surface area contributed by atoms with Gasteiger partial charge in [-0.1, -0.05) is 5.16 Å². The maximum absolute atomic E-state index is 14.6. The molecule has 2 atom stereocenters. The van der Waals surface area contributed by atoms with Crippen molar-refractivity contribution < 1.29 is 32.3 Å². The van der Waals surface area contributed by atoms with Crippen LogP contribution in [-0.4, -0.2) is 38.0 Å². The van der Waals surface area contributed by atoms with E-state index in [0.29, 0.717) is 18.4 Å². The van der Waals surface area contributed by atoms with Crippen molar-refractivity contribution in [2.75, 3.05) is 0 Å². The third-order valence-corrected chi connectivity index (χ3v) is 6.36. The first-order chi connectivity index (χ1) is 14.0. The Balaban J connectivity index is 1.86. The van der Waals surface area contributed by atoms with E-state index in [1.807, 2.05) is 0 Å². The largest absolute Gasteiger partial charge is 0.477 e. The van der Waals surface area contributed by atoms with Crippen LogP contribution in [0.2, 0.25) is 0 Å². The number of carboxylic acid groups (broad SMARTS) is 1. The van der Waals surface area contributed by atoms with Gasteiger partial charge in [-0.2, -0.15) is 18.2 Å². The number of nitrogens with zero attached hydrogens (tertiary/aromatic N) is 3. The van der Waals surface area contributed by atoms with Crippen molar-refractivity contribution in [3.63, 3.8) is 0 Å². The van der Waals surface area contributed by atoms with Gasteiger partial charge < -0.3 is 14.4 Å². The van der Waals surface area contributed by atoms with Crippen LogP contribution in [0, 0.1) is 12.8 Å². The first-order valence-electron chi connectivity index (χ1n) is 9.77. The van der Waals surface area contributed by atoms with Crippen LogP contribution in [0.4, 0.5) is 13.2 Å². The van der Waals surface area contributed by atoms with E-state index >= 15 is 0 Å². The minimum Gasteiger partial charge on any atom is -0.477 e. The number of aromatic carboxylic acids is 1. The maximum Gasteiger partial charge on any atom is 0.428 e. The molecule has 0 amide bonds. The number of alkyl halides is 3. The van der Waals surface area contributed by atoms with Gasteiger partial charge in [-0.3, -0.25) is 0 Å². The van der Waals surface area contributed by atoms with Gasteiger partial charge in [0.05, 0.1) is 5.41 Å². The predicted molar refractivity (Wildman–Crippen MR) is 97.4 cm³/mol. The molecule has 2 fully saturated rings. The molecule has 2 aliphatic rings. The lowest BCUT2D eigenvalue weighted by molar-refractivity contribution is -0.269. The van der Waals surface area contributed by atoms with Crippen molar-refractivity contribution in [1.29, 1.82) is 0 Å². The molecule has 4 rings (SSSR count). The molecule has 1 N–H and O–H groups in total. The third kappa shape index (κ3) is 3.22. The smallest absolute Gasteiger partial charge is 0.428 e. The van der Waals surface area contributed by atoms with E-state index in [9.17, 15) is 23.1 Å². The lowest BCUT2D eigenvalue weighted by Crippen LogP contribution is -2.63. The average molecular weight is 425 g/mol. The van der Waals surface area contributed by atoms with Crippen LogP contribution in [0.3, 0.4) is 0 Å². The molecular formula is C20H22F3N3O4. The summed E-state index contributed by atoms with van der Waals surface area (Å²) in [5, 5.41) is 13.1. The summed E-state index contributed by atoms with van der Waals surface area (Å²) in [6, 6.07) is 1.08. The number of aromatic nitrogens is 3. The van der Waals surface area contributed by atoms with Crippen molar-refractivity contribution in [1.82, 2.24) is 15.1 Å². The number of halogens is 3. The van der Waals surface area contributed by atoms with Gasteiger partial charge in [-0.25, -0.2) is 9.78 Å². The average Bonchev–Trinajstić information content (AvgIpc) is 3.58. The Bertz CT molecular complexity index is 984. The van der Waals surface area contributed by atoms with Crippen LogP contribution in [0.25, 0.3) is 0 Å². The zero-order valence-electron chi connectivity index (χ0n) is 16.8. The van der Waals surface area contributed by atoms with E-state index in [2.05, 4.69) is 15.1 Å². The first-order valence-corrected chi connectivity index (χ1v) is 9.77. The highest BCUT2D eigenvalue weighted by atomic mass is 19.4. The van der Waals surface area contributed by atoms with Gasteiger partial charge >= 0.3 is 12.1 Å². The first kappa shape index (κ1) is 20.6. The number of carbonyl (C=O) groups is 1. The molecule has 2 aromatic heterocycles. The fourth-order valence-corrected chi connectivity index (χ4v) is 3.99. The van der Waals surface area contributed by atoms with Crippen LogP contribution in [0.15, 0.2) is 16.8 Å². The second-order valence-corrected chi connectivity index (χ2v) is 8.43. The number of hydrogen-bond acceptors (Lipinski definition) is 6. The van der Waals surface area contributed by atoms with Gasteiger partial charge in [0, 0.05) is 24.8 Å². The summed E-state index contributed by atoms with van der Waals surface area (Å²) in [5.74, 6) is -1.70. The number of ether oxygens (including phenoxy) is 1. The fourth-order valence-electron chi connectivity index (χ4n) is 3.99. The number of hydrogen-bond donors (Lipinski definition) is 1. The molecule has 1 unspecified atom stereocenters. The van der Waals surface area contributed by atoms with Crippen LogP contribution < -0.4 is 4.74 Å². The second kappa shape index (κ2) is 6.68. The summed E-state index contributed by atoms with van der Waals surface area (Å²) >= 11 is 0. The molecule has 2 aliphatic carbocycles. The summed E-state index contributed by atoms with van der Waals surface area (Å²) < 4.78 is 54.7. The number of aryl methyl sites for hydroxylation is 1. The van der Waals surface area contributed by atoms with Crippen LogP contribution in [0.1, 0.15) is 73.2 Å². The van der Waals surface area contributed by atoms with Gasteiger partial charge in [-0.05, 0) is 51.4 Å². The number of pyridine rings is 1. The fraction of sp³-hybridized carbons (Fsp3) is 0.600. The van der Waals surface area contributed by atoms with Crippen molar-refractivity contribution >= 4 is 5.97 Å². The molecule has 0 bridgehead atoms. The minimum absolute atomic E-state index is 0.00688. The molecule has 7 nitrogen and oxygen atoms in total.